The van der Waals surface area contributed by atoms with Crippen LogP contribution in [0.3, 0.4) is 0 Å². The molecule has 2 aromatic heterocycles. The summed E-state index contributed by atoms with van der Waals surface area (Å²) in [6, 6.07) is 4.06. The highest BCUT2D eigenvalue weighted by molar-refractivity contribution is 5.90. The van der Waals surface area contributed by atoms with Crippen LogP contribution in [0.2, 0.25) is 0 Å². The van der Waals surface area contributed by atoms with E-state index in [2.05, 4.69) is 49.4 Å². The fraction of sp³-hybridized carbons (Fsp3) is 0.500. The molecule has 162 valence electrons. The molecule has 5 heterocycles. The molecule has 2 aromatic rings. The molecule has 9 heteroatoms. The van der Waals surface area contributed by atoms with Gasteiger partial charge in [0.15, 0.2) is 0 Å². The molecule has 4 N–H and O–H groups in total. The Bertz CT molecular complexity index is 997. The van der Waals surface area contributed by atoms with Crippen LogP contribution in [0.15, 0.2) is 18.3 Å². The third kappa shape index (κ3) is 4.02. The lowest BCUT2D eigenvalue weighted by Crippen LogP contribution is -2.70. The van der Waals surface area contributed by atoms with Crippen molar-refractivity contribution in [2.24, 2.45) is 5.41 Å². The van der Waals surface area contributed by atoms with Crippen molar-refractivity contribution >= 4 is 23.7 Å². The first-order valence-corrected chi connectivity index (χ1v) is 10.7. The van der Waals surface area contributed by atoms with Gasteiger partial charge in [-0.05, 0) is 13.0 Å². The van der Waals surface area contributed by atoms with E-state index in [-0.39, 0.29) is 6.04 Å². The normalized spacial score (nSPS) is 22.2. The van der Waals surface area contributed by atoms with E-state index in [1.54, 1.807) is 6.20 Å². The summed E-state index contributed by atoms with van der Waals surface area (Å²) in [5.74, 6) is 8.81. The SMILES string of the molecule is C[C@@H]1COCCN1c1cc(C#CCN2CC3(CNC3)C2)c(C=N)c(Nc2ccn[nH]2)n1. The van der Waals surface area contributed by atoms with Crippen molar-refractivity contribution in [1.29, 1.82) is 5.41 Å². The first kappa shape index (κ1) is 20.0. The molecule has 0 bridgehead atoms. The number of nitrogens with one attached hydrogen (secondary N) is 4. The van der Waals surface area contributed by atoms with E-state index in [0.717, 1.165) is 56.5 Å². The van der Waals surface area contributed by atoms with Crippen LogP contribution in [0.4, 0.5) is 17.5 Å². The van der Waals surface area contributed by atoms with Gasteiger partial charge in [0.05, 0.1) is 37.6 Å². The number of aromatic nitrogens is 3. The maximum atomic E-state index is 8.01. The van der Waals surface area contributed by atoms with Gasteiger partial charge in [0, 0.05) is 56.0 Å². The average molecular weight is 421 g/mol. The van der Waals surface area contributed by atoms with E-state index in [0.29, 0.717) is 30.0 Å². The Balaban J connectivity index is 1.42. The predicted molar refractivity (Wildman–Crippen MR) is 120 cm³/mol. The topological polar surface area (TPSA) is 105 Å². The summed E-state index contributed by atoms with van der Waals surface area (Å²) < 4.78 is 5.59. The zero-order valence-corrected chi connectivity index (χ0v) is 17.7. The van der Waals surface area contributed by atoms with Gasteiger partial charge in [-0.3, -0.25) is 10.00 Å². The van der Waals surface area contributed by atoms with Gasteiger partial charge in [-0.25, -0.2) is 4.98 Å². The van der Waals surface area contributed by atoms with Crippen molar-refractivity contribution in [1.82, 2.24) is 25.4 Å². The highest BCUT2D eigenvalue weighted by atomic mass is 16.5. The second kappa shape index (κ2) is 8.30. The Morgan fingerprint density at radius 1 is 1.42 bits per heavy atom. The van der Waals surface area contributed by atoms with Gasteiger partial charge in [0.1, 0.15) is 17.5 Å². The number of hydrogen-bond acceptors (Lipinski definition) is 8. The average Bonchev–Trinajstić information content (AvgIpc) is 3.21. The Labute approximate surface area is 182 Å². The van der Waals surface area contributed by atoms with E-state index in [1.807, 2.05) is 12.1 Å². The Kier molecular flexibility index (Phi) is 5.36. The number of morpholine rings is 1. The first-order valence-electron chi connectivity index (χ1n) is 10.7. The standard InChI is InChI=1S/C22H28N8O/c1-16-11-31-8-7-30(16)20-9-17(3-2-6-29-14-22(15-29)12-24-13-22)18(10-23)21(27-20)26-19-4-5-25-28-19/h4-5,9-10,16,23-24H,6-8,11-15H2,1H3,(H2,25,26,27,28)/t16-/m1/s1. The van der Waals surface area contributed by atoms with E-state index in [9.17, 15) is 0 Å². The van der Waals surface area contributed by atoms with Crippen molar-refractivity contribution in [3.8, 4) is 11.8 Å². The molecule has 31 heavy (non-hydrogen) atoms. The van der Waals surface area contributed by atoms with Gasteiger partial charge in [-0.1, -0.05) is 11.8 Å². The number of anilines is 3. The Hall–Kier alpha value is -2.93. The molecule has 0 aliphatic carbocycles. The van der Waals surface area contributed by atoms with Crippen molar-refractivity contribution in [3.05, 3.63) is 29.5 Å². The molecule has 0 saturated carbocycles. The summed E-state index contributed by atoms with van der Waals surface area (Å²) in [6.07, 6.45) is 3.00. The number of pyridine rings is 1. The number of hydrogen-bond donors (Lipinski definition) is 4. The van der Waals surface area contributed by atoms with Crippen LogP contribution in [-0.2, 0) is 4.74 Å². The van der Waals surface area contributed by atoms with Crippen molar-refractivity contribution < 1.29 is 4.74 Å². The minimum absolute atomic E-state index is 0.223. The minimum atomic E-state index is 0.223. The molecule has 9 nitrogen and oxygen atoms in total. The fourth-order valence-electron chi connectivity index (χ4n) is 4.52. The predicted octanol–water partition coefficient (Wildman–Crippen LogP) is 1.03. The highest BCUT2D eigenvalue weighted by Gasteiger charge is 2.46. The summed E-state index contributed by atoms with van der Waals surface area (Å²) in [4.78, 5) is 9.46. The molecular weight excluding hydrogens is 392 g/mol. The molecule has 0 aromatic carbocycles. The second-order valence-corrected chi connectivity index (χ2v) is 8.70. The van der Waals surface area contributed by atoms with Crippen LogP contribution in [0.5, 0.6) is 0 Å². The summed E-state index contributed by atoms with van der Waals surface area (Å²) in [5, 5.41) is 21.5. The minimum Gasteiger partial charge on any atom is -0.377 e. The molecule has 3 fully saturated rings. The van der Waals surface area contributed by atoms with Crippen LogP contribution in [0, 0.1) is 22.7 Å². The lowest BCUT2D eigenvalue weighted by atomic mass is 9.74. The highest BCUT2D eigenvalue weighted by Crippen LogP contribution is 2.33. The van der Waals surface area contributed by atoms with Crippen molar-refractivity contribution in [2.45, 2.75) is 13.0 Å². The quantitative estimate of drug-likeness (QED) is 0.423. The summed E-state index contributed by atoms with van der Waals surface area (Å²) in [6.45, 7) is 9.49. The van der Waals surface area contributed by atoms with Gasteiger partial charge in [-0.2, -0.15) is 5.10 Å². The number of nitrogens with zero attached hydrogens (tertiary/aromatic N) is 4. The second-order valence-electron chi connectivity index (χ2n) is 8.70. The van der Waals surface area contributed by atoms with Crippen molar-refractivity contribution in [3.63, 3.8) is 0 Å². The fourth-order valence-corrected chi connectivity index (χ4v) is 4.52. The lowest BCUT2D eigenvalue weighted by molar-refractivity contribution is -0.0304. The molecule has 0 unspecified atom stereocenters. The van der Waals surface area contributed by atoms with Gasteiger partial charge < -0.3 is 25.7 Å². The number of likely N-dealkylation sites (tertiary alicyclic amines) is 1. The molecule has 0 radical (unpaired) electrons. The van der Waals surface area contributed by atoms with E-state index < -0.39 is 0 Å². The zero-order valence-electron chi connectivity index (χ0n) is 17.7. The smallest absolute Gasteiger partial charge is 0.144 e. The Morgan fingerprint density at radius 3 is 2.97 bits per heavy atom. The largest absolute Gasteiger partial charge is 0.377 e. The number of ether oxygens (including phenoxy) is 1. The van der Waals surface area contributed by atoms with Gasteiger partial charge >= 0.3 is 0 Å². The number of rotatable bonds is 5. The molecule has 1 spiro atoms. The third-order valence-corrected chi connectivity index (χ3v) is 6.25. The molecule has 3 saturated heterocycles. The molecule has 5 rings (SSSR count). The molecule has 0 amide bonds. The number of H-pyrrole nitrogens is 1. The van der Waals surface area contributed by atoms with Gasteiger partial charge in [0.25, 0.3) is 0 Å². The first-order chi connectivity index (χ1) is 15.2. The van der Waals surface area contributed by atoms with Crippen LogP contribution < -0.4 is 15.5 Å². The Morgan fingerprint density at radius 2 is 2.29 bits per heavy atom. The third-order valence-electron chi connectivity index (χ3n) is 6.25. The maximum absolute atomic E-state index is 8.01. The molecular formula is C22H28N8O. The van der Waals surface area contributed by atoms with Crippen LogP contribution in [0.1, 0.15) is 18.1 Å². The maximum Gasteiger partial charge on any atom is 0.144 e. The van der Waals surface area contributed by atoms with E-state index in [4.69, 9.17) is 15.1 Å². The van der Waals surface area contributed by atoms with Crippen LogP contribution in [-0.4, -0.2) is 84.8 Å². The van der Waals surface area contributed by atoms with E-state index >= 15 is 0 Å². The summed E-state index contributed by atoms with van der Waals surface area (Å²) >= 11 is 0. The van der Waals surface area contributed by atoms with Crippen LogP contribution in [0.25, 0.3) is 0 Å². The van der Waals surface area contributed by atoms with Crippen LogP contribution >= 0.6 is 0 Å². The summed E-state index contributed by atoms with van der Waals surface area (Å²) in [7, 11) is 0. The molecule has 3 aliphatic rings. The number of aromatic amines is 1. The summed E-state index contributed by atoms with van der Waals surface area (Å²) in [5.41, 5.74) is 1.98. The molecule has 1 atom stereocenters. The molecule has 3 aliphatic heterocycles. The zero-order chi connectivity index (χ0) is 21.3. The van der Waals surface area contributed by atoms with E-state index in [1.165, 1.54) is 6.21 Å². The monoisotopic (exact) mass is 420 g/mol. The van der Waals surface area contributed by atoms with Gasteiger partial charge in [0.2, 0.25) is 0 Å². The lowest BCUT2D eigenvalue weighted by Gasteiger charge is -2.55. The van der Waals surface area contributed by atoms with Crippen molar-refractivity contribution in [2.75, 3.05) is 62.7 Å². The van der Waals surface area contributed by atoms with Gasteiger partial charge in [-0.15, -0.1) is 0 Å².